The highest BCUT2D eigenvalue weighted by Gasteiger charge is 2.25. The van der Waals surface area contributed by atoms with Crippen LogP contribution in [0.2, 0.25) is 0 Å². The third-order valence-corrected chi connectivity index (χ3v) is 14.6. The molecule has 0 aliphatic rings. The molecule has 0 aromatic heterocycles. The molecule has 0 nitrogen and oxygen atoms in total. The van der Waals surface area contributed by atoms with Gasteiger partial charge in [0.25, 0.3) is 0 Å². The molecule has 0 bridgehead atoms. The van der Waals surface area contributed by atoms with Gasteiger partial charge in [0.15, 0.2) is 0 Å². The van der Waals surface area contributed by atoms with Gasteiger partial charge in [0.2, 0.25) is 0 Å². The maximum absolute atomic E-state index is 2.33. The Morgan fingerprint density at radius 2 is 0.545 bits per heavy atom. The molecule has 0 heterocycles. The van der Waals surface area contributed by atoms with E-state index in [9.17, 15) is 0 Å². The quantitative estimate of drug-likeness (QED) is 0.0965. The van der Waals surface area contributed by atoms with E-state index in [1.54, 1.807) is 0 Å². The SMILES string of the molecule is C.CC(C)c1ccccc1P(c1ccccc1)c1ccccc1.c1ccc(C(c2ccccc2)c2ccccc2P(c2ccccc2)c2ccccc2)cc1. The maximum Gasteiger partial charge on any atom is 0.0346 e. The Balaban J connectivity index is 0.000000196. The van der Waals surface area contributed by atoms with Crippen LogP contribution >= 0.6 is 15.8 Å². The van der Waals surface area contributed by atoms with Crippen LogP contribution in [0, 0.1) is 0 Å². The van der Waals surface area contributed by atoms with Crippen LogP contribution in [0.1, 0.15) is 55.4 Å². The van der Waals surface area contributed by atoms with Gasteiger partial charge in [-0.3, -0.25) is 0 Å². The van der Waals surface area contributed by atoms with Crippen molar-refractivity contribution in [2.45, 2.75) is 33.1 Å². The second kappa shape index (κ2) is 19.8. The highest BCUT2D eigenvalue weighted by atomic mass is 31.1. The standard InChI is InChI=1S/C31H25P.C21H21P.CH4/c1-5-15-25(16-6-1)31(26-17-7-2-8-18-26)29-23-13-14-24-30(29)32(27-19-9-3-10-20-27)28-21-11-4-12-22-28;1-17(2)20-15-9-10-16-21(20)22(18-11-5-3-6-12-18)19-13-7-4-8-14-19;/h1-24,31H;3-17H,1-2H3;1H4. The zero-order valence-electron chi connectivity index (χ0n) is 31.0. The molecule has 8 aromatic carbocycles. The first-order valence-electron chi connectivity index (χ1n) is 18.8. The molecular weight excluding hydrogens is 699 g/mol. The summed E-state index contributed by atoms with van der Waals surface area (Å²) in [5.41, 5.74) is 5.48. The number of hydrogen-bond acceptors (Lipinski definition) is 0. The fourth-order valence-electron chi connectivity index (χ4n) is 7.12. The summed E-state index contributed by atoms with van der Waals surface area (Å²) in [6, 6.07) is 83.4. The van der Waals surface area contributed by atoms with Crippen molar-refractivity contribution in [3.05, 3.63) is 253 Å². The molecule has 0 fully saturated rings. The second-order valence-electron chi connectivity index (χ2n) is 13.5. The summed E-state index contributed by atoms with van der Waals surface area (Å²) < 4.78 is 0. The Hall–Kier alpha value is -5.38. The fraction of sp³-hybridized carbons (Fsp3) is 0.0943. The smallest absolute Gasteiger partial charge is 0.0346 e. The Morgan fingerprint density at radius 1 is 0.291 bits per heavy atom. The minimum absolute atomic E-state index is 0. The molecule has 0 atom stereocenters. The summed E-state index contributed by atoms with van der Waals surface area (Å²) in [5, 5.41) is 8.47. The Bertz CT molecular complexity index is 2070. The topological polar surface area (TPSA) is 0 Å². The molecule has 0 saturated carbocycles. The molecule has 0 amide bonds. The Kier molecular flexibility index (Phi) is 14.2. The van der Waals surface area contributed by atoms with E-state index in [1.807, 2.05) is 0 Å². The molecule has 0 aliphatic carbocycles. The zero-order valence-corrected chi connectivity index (χ0v) is 32.8. The summed E-state index contributed by atoms with van der Waals surface area (Å²) in [5.74, 6) is 0.722. The van der Waals surface area contributed by atoms with Crippen LogP contribution < -0.4 is 31.8 Å². The lowest BCUT2D eigenvalue weighted by molar-refractivity contribution is 0.874. The molecule has 0 radical (unpaired) electrons. The van der Waals surface area contributed by atoms with Gasteiger partial charge < -0.3 is 0 Å². The van der Waals surface area contributed by atoms with Crippen LogP contribution in [-0.4, -0.2) is 0 Å². The normalized spacial score (nSPS) is 10.9. The molecular formula is C53H50P2. The molecule has 8 aromatic rings. The highest BCUT2D eigenvalue weighted by molar-refractivity contribution is 7.80. The second-order valence-corrected chi connectivity index (χ2v) is 17.9. The molecule has 8 rings (SSSR count). The molecule has 0 unspecified atom stereocenters. The Labute approximate surface area is 332 Å². The zero-order chi connectivity index (χ0) is 37.0. The lowest BCUT2D eigenvalue weighted by atomic mass is 9.85. The highest BCUT2D eigenvalue weighted by Crippen LogP contribution is 2.40. The van der Waals surface area contributed by atoms with Crippen LogP contribution in [0.25, 0.3) is 0 Å². The Morgan fingerprint density at radius 3 is 0.873 bits per heavy atom. The van der Waals surface area contributed by atoms with E-state index < -0.39 is 15.8 Å². The third kappa shape index (κ3) is 9.65. The lowest BCUT2D eigenvalue weighted by Gasteiger charge is -2.27. The predicted molar refractivity (Wildman–Crippen MR) is 245 cm³/mol. The first kappa shape index (κ1) is 39.3. The summed E-state index contributed by atoms with van der Waals surface area (Å²) in [7, 11) is -1.18. The lowest BCUT2D eigenvalue weighted by Crippen LogP contribution is -2.25. The number of hydrogen-bond donors (Lipinski definition) is 0. The van der Waals surface area contributed by atoms with Crippen molar-refractivity contribution < 1.29 is 0 Å². The van der Waals surface area contributed by atoms with Crippen molar-refractivity contribution in [2.75, 3.05) is 0 Å². The minimum Gasteiger partial charge on any atom is -0.0776 e. The van der Waals surface area contributed by atoms with Crippen LogP contribution in [0.5, 0.6) is 0 Å². The van der Waals surface area contributed by atoms with Crippen molar-refractivity contribution in [2.24, 2.45) is 0 Å². The van der Waals surface area contributed by atoms with Gasteiger partial charge in [0.1, 0.15) is 0 Å². The summed E-state index contributed by atoms with van der Waals surface area (Å²) in [6.07, 6.45) is 0. The molecule has 55 heavy (non-hydrogen) atoms. The van der Waals surface area contributed by atoms with E-state index in [0.717, 1.165) is 0 Å². The summed E-state index contributed by atoms with van der Waals surface area (Å²) >= 11 is 0. The molecule has 0 N–H and O–H groups in total. The van der Waals surface area contributed by atoms with Crippen molar-refractivity contribution in [3.8, 4) is 0 Å². The van der Waals surface area contributed by atoms with Gasteiger partial charge in [-0.2, -0.15) is 0 Å². The van der Waals surface area contributed by atoms with E-state index >= 15 is 0 Å². The predicted octanol–water partition coefficient (Wildman–Crippen LogP) is 11.8. The van der Waals surface area contributed by atoms with Crippen molar-refractivity contribution in [3.63, 3.8) is 0 Å². The first-order valence-corrected chi connectivity index (χ1v) is 21.5. The van der Waals surface area contributed by atoms with Gasteiger partial charge in [-0.1, -0.05) is 252 Å². The average molecular weight is 749 g/mol. The molecule has 2 heteroatoms. The number of benzene rings is 8. The van der Waals surface area contributed by atoms with Crippen molar-refractivity contribution >= 4 is 47.7 Å². The van der Waals surface area contributed by atoms with Crippen LogP contribution in [0.15, 0.2) is 231 Å². The van der Waals surface area contributed by atoms with Gasteiger partial charge in [0, 0.05) is 5.92 Å². The van der Waals surface area contributed by atoms with Crippen LogP contribution in [0.4, 0.5) is 0 Å². The van der Waals surface area contributed by atoms with E-state index in [0.29, 0.717) is 5.92 Å². The van der Waals surface area contributed by atoms with E-state index in [2.05, 4.69) is 244 Å². The number of rotatable bonds is 10. The van der Waals surface area contributed by atoms with Gasteiger partial charge in [-0.05, 0) is 75.8 Å². The van der Waals surface area contributed by atoms with E-state index in [1.165, 1.54) is 54.1 Å². The molecule has 0 saturated heterocycles. The minimum atomic E-state index is -0.680. The van der Waals surface area contributed by atoms with Crippen molar-refractivity contribution in [1.82, 2.24) is 0 Å². The molecule has 0 spiro atoms. The van der Waals surface area contributed by atoms with Gasteiger partial charge in [-0.25, -0.2) is 0 Å². The first-order chi connectivity index (χ1) is 26.7. The summed E-state index contributed by atoms with van der Waals surface area (Å²) in [6.45, 7) is 4.56. The van der Waals surface area contributed by atoms with Gasteiger partial charge >= 0.3 is 0 Å². The van der Waals surface area contributed by atoms with E-state index in [-0.39, 0.29) is 13.3 Å². The monoisotopic (exact) mass is 748 g/mol. The van der Waals surface area contributed by atoms with Crippen molar-refractivity contribution in [1.29, 1.82) is 0 Å². The van der Waals surface area contributed by atoms with Crippen LogP contribution in [-0.2, 0) is 0 Å². The molecule has 272 valence electrons. The summed E-state index contributed by atoms with van der Waals surface area (Å²) in [4.78, 5) is 0. The maximum atomic E-state index is 2.33. The third-order valence-electron chi connectivity index (χ3n) is 9.61. The fourth-order valence-corrected chi connectivity index (χ4v) is 12.2. The van der Waals surface area contributed by atoms with Gasteiger partial charge in [-0.15, -0.1) is 0 Å². The van der Waals surface area contributed by atoms with Gasteiger partial charge in [0.05, 0.1) is 0 Å². The van der Waals surface area contributed by atoms with Crippen LogP contribution in [0.3, 0.4) is 0 Å². The average Bonchev–Trinajstić information content (AvgIpc) is 3.24. The largest absolute Gasteiger partial charge is 0.0776 e. The molecule has 0 aliphatic heterocycles. The van der Waals surface area contributed by atoms with E-state index in [4.69, 9.17) is 0 Å².